The average Bonchev–Trinajstić information content (AvgIpc) is 3.20. The predicted molar refractivity (Wildman–Crippen MR) is 85.0 cm³/mol. The monoisotopic (exact) mass is 326 g/mol. The molecule has 0 radical (unpaired) electrons. The summed E-state index contributed by atoms with van der Waals surface area (Å²) < 4.78 is 7.90. The highest BCUT2D eigenvalue weighted by Crippen LogP contribution is 2.28. The number of nitrogen functional groups attached to an aromatic ring is 1. The fourth-order valence-electron chi connectivity index (χ4n) is 3.19. The lowest BCUT2D eigenvalue weighted by atomic mass is 10.2. The van der Waals surface area contributed by atoms with Crippen LogP contribution in [0, 0.1) is 11.3 Å². The van der Waals surface area contributed by atoms with Gasteiger partial charge in [0.2, 0.25) is 5.95 Å². The molecule has 0 saturated carbocycles. The van der Waals surface area contributed by atoms with Crippen molar-refractivity contribution in [3.05, 3.63) is 23.4 Å². The van der Waals surface area contributed by atoms with Crippen LogP contribution in [0.15, 0.2) is 6.20 Å². The number of aromatic nitrogens is 5. The number of nitriles is 1. The maximum Gasteiger partial charge on any atom is 0.227 e. The van der Waals surface area contributed by atoms with E-state index in [9.17, 15) is 0 Å². The zero-order valence-electron chi connectivity index (χ0n) is 13.2. The molecule has 2 aliphatic heterocycles. The minimum atomic E-state index is 0.0552. The highest BCUT2D eigenvalue weighted by molar-refractivity contribution is 5.50. The van der Waals surface area contributed by atoms with Crippen LogP contribution in [0.2, 0.25) is 0 Å². The van der Waals surface area contributed by atoms with Crippen LogP contribution in [-0.4, -0.2) is 44.4 Å². The van der Waals surface area contributed by atoms with E-state index in [1.807, 2.05) is 6.07 Å². The summed E-state index contributed by atoms with van der Waals surface area (Å²) in [6.07, 6.45) is 4.34. The molecule has 24 heavy (non-hydrogen) atoms. The average molecular weight is 326 g/mol. The fourth-order valence-corrected chi connectivity index (χ4v) is 3.19. The highest BCUT2D eigenvalue weighted by atomic mass is 16.5. The third-order valence-electron chi connectivity index (χ3n) is 4.48. The van der Waals surface area contributed by atoms with Crippen LogP contribution in [0.5, 0.6) is 0 Å². The number of hydrogen-bond donors (Lipinski definition) is 1. The van der Waals surface area contributed by atoms with E-state index in [1.54, 1.807) is 0 Å². The molecule has 0 bridgehead atoms. The molecule has 0 spiro atoms. The number of anilines is 2. The first-order valence-electron chi connectivity index (χ1n) is 8.07. The summed E-state index contributed by atoms with van der Waals surface area (Å²) >= 11 is 0. The summed E-state index contributed by atoms with van der Waals surface area (Å²) in [6, 6.07) is 1.98. The molecular weight excluding hydrogens is 308 g/mol. The zero-order chi connectivity index (χ0) is 16.5. The molecule has 0 aliphatic carbocycles. The summed E-state index contributed by atoms with van der Waals surface area (Å²) in [5, 5.41) is 17.6. The molecule has 1 saturated heterocycles. The van der Waals surface area contributed by atoms with Crippen molar-refractivity contribution in [2.24, 2.45) is 0 Å². The Morgan fingerprint density at radius 2 is 2.21 bits per heavy atom. The van der Waals surface area contributed by atoms with Crippen molar-refractivity contribution in [3.8, 4) is 6.07 Å². The minimum Gasteiger partial charge on any atom is -0.382 e. The van der Waals surface area contributed by atoms with Crippen molar-refractivity contribution in [2.75, 3.05) is 30.3 Å². The van der Waals surface area contributed by atoms with E-state index in [0.717, 1.165) is 57.2 Å². The lowest BCUT2D eigenvalue weighted by molar-refractivity contribution is 0.101. The van der Waals surface area contributed by atoms with Gasteiger partial charge in [-0.15, -0.1) is 10.2 Å². The van der Waals surface area contributed by atoms with Crippen LogP contribution in [0.25, 0.3) is 0 Å². The van der Waals surface area contributed by atoms with Crippen molar-refractivity contribution in [1.29, 1.82) is 5.26 Å². The third-order valence-corrected chi connectivity index (χ3v) is 4.48. The van der Waals surface area contributed by atoms with Gasteiger partial charge in [0.15, 0.2) is 5.82 Å². The van der Waals surface area contributed by atoms with Crippen molar-refractivity contribution in [3.63, 3.8) is 0 Å². The Bertz CT molecular complexity index is 789. The first-order valence-corrected chi connectivity index (χ1v) is 8.07. The van der Waals surface area contributed by atoms with Crippen molar-refractivity contribution >= 4 is 11.8 Å². The third kappa shape index (κ3) is 2.55. The molecule has 0 amide bonds. The zero-order valence-corrected chi connectivity index (χ0v) is 13.2. The summed E-state index contributed by atoms with van der Waals surface area (Å²) in [6.45, 7) is 3.00. The summed E-state index contributed by atoms with van der Waals surface area (Å²) in [5.41, 5.74) is 6.10. The Kier molecular flexibility index (Phi) is 3.74. The quantitative estimate of drug-likeness (QED) is 0.844. The van der Waals surface area contributed by atoms with Gasteiger partial charge in [0.05, 0.1) is 6.20 Å². The number of hydrogen-bond acceptors (Lipinski definition) is 8. The smallest absolute Gasteiger partial charge is 0.227 e. The number of rotatable bonds is 2. The molecule has 0 aromatic carbocycles. The molecular formula is C15H18N8O. The second-order valence-electron chi connectivity index (χ2n) is 5.95. The summed E-state index contributed by atoms with van der Waals surface area (Å²) in [4.78, 5) is 10.6. The van der Waals surface area contributed by atoms with Gasteiger partial charge in [0.25, 0.3) is 0 Å². The van der Waals surface area contributed by atoms with Gasteiger partial charge in [0.1, 0.15) is 29.4 Å². The van der Waals surface area contributed by atoms with Crippen molar-refractivity contribution in [2.45, 2.75) is 31.9 Å². The van der Waals surface area contributed by atoms with Crippen LogP contribution < -0.4 is 10.6 Å². The fraction of sp³-hybridized carbons (Fsp3) is 0.533. The summed E-state index contributed by atoms with van der Waals surface area (Å²) in [5.74, 6) is 2.64. The number of nitrogens with zero attached hydrogens (tertiary/aromatic N) is 7. The van der Waals surface area contributed by atoms with Crippen LogP contribution in [0.3, 0.4) is 0 Å². The molecule has 1 atom stereocenters. The van der Waals surface area contributed by atoms with Gasteiger partial charge < -0.3 is 19.9 Å². The van der Waals surface area contributed by atoms with Gasteiger partial charge in [-0.25, -0.2) is 4.98 Å². The van der Waals surface area contributed by atoms with E-state index in [4.69, 9.17) is 15.7 Å². The molecule has 9 nitrogen and oxygen atoms in total. The molecule has 2 aliphatic rings. The van der Waals surface area contributed by atoms with Gasteiger partial charge in [-0.2, -0.15) is 10.2 Å². The van der Waals surface area contributed by atoms with Crippen LogP contribution >= 0.6 is 0 Å². The van der Waals surface area contributed by atoms with Gasteiger partial charge in [0, 0.05) is 32.7 Å². The van der Waals surface area contributed by atoms with E-state index in [1.165, 1.54) is 6.20 Å². The number of nitrogens with two attached hydrogens (primary N) is 1. The summed E-state index contributed by atoms with van der Waals surface area (Å²) in [7, 11) is 0. The first kappa shape index (κ1) is 14.8. The molecule has 0 unspecified atom stereocenters. The molecule has 9 heteroatoms. The van der Waals surface area contributed by atoms with E-state index in [2.05, 4.69) is 29.6 Å². The van der Waals surface area contributed by atoms with E-state index in [-0.39, 0.29) is 11.9 Å². The maximum absolute atomic E-state index is 8.94. The Morgan fingerprint density at radius 1 is 1.29 bits per heavy atom. The predicted octanol–water partition coefficient (Wildman–Crippen LogP) is 0.436. The van der Waals surface area contributed by atoms with Gasteiger partial charge in [-0.05, 0) is 12.8 Å². The topological polar surface area (TPSA) is 119 Å². The van der Waals surface area contributed by atoms with E-state index >= 15 is 0 Å². The molecule has 124 valence electrons. The number of fused-ring (bicyclic) bond motifs is 1. The molecule has 2 aromatic rings. The van der Waals surface area contributed by atoms with Gasteiger partial charge in [-0.1, -0.05) is 0 Å². The minimum absolute atomic E-state index is 0.0552. The normalized spacial score (nSPS) is 20.5. The van der Waals surface area contributed by atoms with E-state index < -0.39 is 0 Å². The largest absolute Gasteiger partial charge is 0.382 e. The van der Waals surface area contributed by atoms with Crippen molar-refractivity contribution in [1.82, 2.24) is 24.7 Å². The van der Waals surface area contributed by atoms with Gasteiger partial charge >= 0.3 is 0 Å². The van der Waals surface area contributed by atoms with Crippen LogP contribution in [0.4, 0.5) is 11.8 Å². The van der Waals surface area contributed by atoms with Gasteiger partial charge in [-0.3, -0.25) is 0 Å². The first-order chi connectivity index (χ1) is 11.8. The Hall–Kier alpha value is -2.73. The Labute approximate surface area is 139 Å². The second-order valence-corrected chi connectivity index (χ2v) is 5.95. The Morgan fingerprint density at radius 3 is 2.96 bits per heavy atom. The van der Waals surface area contributed by atoms with Crippen LogP contribution in [0.1, 0.15) is 36.2 Å². The number of ether oxygens (including phenoxy) is 1. The molecule has 4 rings (SSSR count). The molecule has 1 fully saturated rings. The van der Waals surface area contributed by atoms with Crippen molar-refractivity contribution < 1.29 is 4.74 Å². The molecule has 2 aromatic heterocycles. The van der Waals surface area contributed by atoms with Crippen LogP contribution in [-0.2, 0) is 17.7 Å². The molecule has 2 N–H and O–H groups in total. The Balaban J connectivity index is 1.55. The maximum atomic E-state index is 8.94. The molecule has 4 heterocycles. The lowest BCUT2D eigenvalue weighted by Crippen LogP contribution is -2.29. The standard InChI is InChI=1S/C15H18N8O/c16-8-10-9-18-15(19-13(10)17)22-4-3-12-20-21-14(23(12)6-5-22)11-2-1-7-24-11/h9,11H,1-7H2,(H2,17,18,19)/t11-/m1/s1. The SMILES string of the molecule is N#Cc1cnc(N2CCc3nnc([C@H]4CCCO4)n3CC2)nc1N. The van der Waals surface area contributed by atoms with E-state index in [0.29, 0.717) is 11.5 Å². The highest BCUT2D eigenvalue weighted by Gasteiger charge is 2.27. The lowest BCUT2D eigenvalue weighted by Gasteiger charge is -2.20. The second kappa shape index (κ2) is 6.05.